The van der Waals surface area contributed by atoms with Crippen LogP contribution in [0.15, 0.2) is 0 Å². The molecule has 0 heterocycles. The van der Waals surface area contributed by atoms with Crippen molar-refractivity contribution < 1.29 is 0 Å². The van der Waals surface area contributed by atoms with Crippen LogP contribution in [0.4, 0.5) is 0 Å². The Morgan fingerprint density at radius 1 is 0.818 bits per heavy atom. The minimum Gasteiger partial charge on any atom is -0.171 e. The predicted molar refractivity (Wildman–Crippen MR) is 54.3 cm³/mol. The summed E-state index contributed by atoms with van der Waals surface area (Å²) >= 11 is 22.4. The number of rotatable bonds is 2. The van der Waals surface area contributed by atoms with Crippen molar-refractivity contribution >= 4 is 56.9 Å². The molecule has 0 aromatic carbocycles. The van der Waals surface area contributed by atoms with Crippen molar-refractivity contribution in [2.45, 2.75) is 0 Å². The lowest BCUT2D eigenvalue weighted by atomic mass is 9.77. The van der Waals surface area contributed by atoms with Gasteiger partial charge in [0.2, 0.25) is 0 Å². The molecule has 0 unspecified atom stereocenters. The van der Waals surface area contributed by atoms with Gasteiger partial charge in [0.1, 0.15) is 0 Å². The third-order valence-corrected chi connectivity index (χ3v) is 2.31. The Hall–Kier alpha value is 1.29. The zero-order valence-electron chi connectivity index (χ0n) is 5.40. The van der Waals surface area contributed by atoms with Gasteiger partial charge in [0, 0.05) is 0 Å². The largest absolute Gasteiger partial charge is 0.358 e. The van der Waals surface area contributed by atoms with Crippen LogP contribution in [0.1, 0.15) is 0 Å². The van der Waals surface area contributed by atoms with Crippen LogP contribution >= 0.6 is 45.8 Å². The summed E-state index contributed by atoms with van der Waals surface area (Å²) in [6.07, 6.45) is 5.39. The van der Waals surface area contributed by atoms with Crippen molar-refractivity contribution in [1.29, 1.82) is 0 Å². The maximum atomic E-state index is 5.60. The molecule has 0 nitrogen and oxygen atoms in total. The molecule has 1 saturated carbocycles. The Kier molecular flexibility index (Phi) is 4.25. The minimum atomic E-state index is -0.504. The van der Waals surface area contributed by atoms with Crippen molar-refractivity contribution in [1.82, 2.24) is 0 Å². The van der Waals surface area contributed by atoms with Gasteiger partial charge in [-0.1, -0.05) is 0 Å². The number of halogens is 4. The van der Waals surface area contributed by atoms with Gasteiger partial charge in [0.15, 0.2) is 0 Å². The first-order valence-corrected chi connectivity index (χ1v) is 4.68. The highest BCUT2D eigenvalue weighted by atomic mass is 35.5. The second-order valence-corrected chi connectivity index (χ2v) is 4.27. The Morgan fingerprint density at radius 2 is 1.18 bits per heavy atom. The highest BCUT2D eigenvalue weighted by Gasteiger charge is 2.37. The van der Waals surface area contributed by atoms with Crippen LogP contribution in [0.5, 0.6) is 0 Å². The molecule has 6 heteroatoms. The summed E-state index contributed by atoms with van der Waals surface area (Å²) in [6.45, 7) is 0. The summed E-state index contributed by atoms with van der Waals surface area (Å²) in [5.74, 6) is 1.66. The van der Waals surface area contributed by atoms with E-state index in [0.29, 0.717) is 0 Å². The van der Waals surface area contributed by atoms with Gasteiger partial charge >= 0.3 is 11.1 Å². The average Bonchev–Trinajstić information content (AvgIpc) is 2.33. The van der Waals surface area contributed by atoms with E-state index in [1.54, 1.807) is 19.3 Å². The second-order valence-electron chi connectivity index (χ2n) is 2.08. The lowest BCUT2D eigenvalue weighted by molar-refractivity contribution is 1.48. The molecule has 0 amide bonds. The fourth-order valence-electron chi connectivity index (χ4n) is 0.753. The lowest BCUT2D eigenvalue weighted by Crippen LogP contribution is -2.12. The molecule has 0 atom stereocenters. The monoisotopic (exact) mass is 225 g/mol. The van der Waals surface area contributed by atoms with E-state index in [4.69, 9.17) is 45.8 Å². The fraction of sp³-hybridized carbons (Fsp3) is 0. The summed E-state index contributed by atoms with van der Waals surface area (Å²) in [6, 6.07) is 0. The van der Waals surface area contributed by atoms with Crippen LogP contribution in [0.25, 0.3) is 0 Å². The number of hydrogen-bond acceptors (Lipinski definition) is 0. The molecule has 0 aliphatic heterocycles. The van der Waals surface area contributed by atoms with Crippen molar-refractivity contribution in [3.8, 4) is 0 Å². The minimum absolute atomic E-state index is 0.504. The van der Waals surface area contributed by atoms with Gasteiger partial charge in [-0.25, -0.2) is 0 Å². The van der Waals surface area contributed by atoms with Crippen LogP contribution in [-0.2, 0) is 0 Å². The van der Waals surface area contributed by atoms with Crippen molar-refractivity contribution in [3.05, 3.63) is 30.9 Å². The van der Waals surface area contributed by atoms with Crippen molar-refractivity contribution in [3.63, 3.8) is 0 Å². The number of hydrogen-bond donors (Lipinski definition) is 0. The molecule has 0 spiro atoms. The molecular formula is C5H3B2Cl4. The first kappa shape index (κ1) is 10.4. The molecule has 0 bridgehead atoms. The molecule has 0 N–H and O–H groups in total. The van der Waals surface area contributed by atoms with E-state index in [9.17, 15) is 0 Å². The zero-order chi connectivity index (χ0) is 8.43. The molecular weight excluding hydrogens is 223 g/mol. The molecule has 5 radical (unpaired) electrons. The van der Waals surface area contributed by atoms with Gasteiger partial charge in [-0.05, 0) is 30.9 Å². The molecule has 0 aromatic heterocycles. The zero-order valence-corrected chi connectivity index (χ0v) is 8.42. The Balaban J connectivity index is 2.35. The Morgan fingerprint density at radius 3 is 1.36 bits per heavy atom. The Labute approximate surface area is 87.7 Å². The van der Waals surface area contributed by atoms with Crippen molar-refractivity contribution in [2.24, 2.45) is 0 Å². The topological polar surface area (TPSA) is 0 Å². The first-order chi connectivity index (χ1) is 5.11. The van der Waals surface area contributed by atoms with E-state index >= 15 is 0 Å². The standard InChI is InChI=1S/C5H3B2Cl4/c8-6(9)4-1-2-5(3-4)7(10)11/h1-3H. The lowest BCUT2D eigenvalue weighted by Gasteiger charge is -2.06. The van der Waals surface area contributed by atoms with Gasteiger partial charge in [-0.15, -0.1) is 0 Å². The SMILES string of the molecule is ClB(Cl)[C]1[CH][CH][C](B(Cl)Cl)[CH]1. The van der Waals surface area contributed by atoms with Crippen LogP contribution in [0, 0.1) is 30.9 Å². The van der Waals surface area contributed by atoms with E-state index in [0.717, 1.165) is 11.6 Å². The van der Waals surface area contributed by atoms with E-state index in [1.165, 1.54) is 0 Å². The summed E-state index contributed by atoms with van der Waals surface area (Å²) in [4.78, 5) is 0. The van der Waals surface area contributed by atoms with Gasteiger partial charge < -0.3 is 0 Å². The second kappa shape index (κ2) is 4.50. The summed E-state index contributed by atoms with van der Waals surface area (Å²) < 4.78 is 0. The highest BCUT2D eigenvalue weighted by molar-refractivity contribution is 7.38. The van der Waals surface area contributed by atoms with Crippen LogP contribution in [0.2, 0.25) is 0 Å². The first-order valence-electron chi connectivity index (χ1n) is 2.94. The van der Waals surface area contributed by atoms with E-state index in [1.807, 2.05) is 0 Å². The molecule has 1 fully saturated rings. The molecule has 57 valence electrons. The maximum absolute atomic E-state index is 5.60. The third-order valence-electron chi connectivity index (χ3n) is 1.31. The third kappa shape index (κ3) is 2.91. The maximum Gasteiger partial charge on any atom is 0.358 e. The van der Waals surface area contributed by atoms with Gasteiger partial charge in [-0.2, -0.15) is 45.8 Å². The van der Waals surface area contributed by atoms with Gasteiger partial charge in [-0.3, -0.25) is 0 Å². The fourth-order valence-corrected chi connectivity index (χ4v) is 1.30. The molecule has 0 aromatic rings. The predicted octanol–water partition coefficient (Wildman–Crippen LogP) is 2.77. The van der Waals surface area contributed by atoms with Gasteiger partial charge in [0.25, 0.3) is 0 Å². The normalized spacial score (nSPS) is 20.7. The molecule has 1 aliphatic carbocycles. The Bertz CT molecular complexity index is 116. The highest BCUT2D eigenvalue weighted by Crippen LogP contribution is 2.38. The van der Waals surface area contributed by atoms with Crippen LogP contribution < -0.4 is 0 Å². The van der Waals surface area contributed by atoms with E-state index < -0.39 is 11.1 Å². The van der Waals surface area contributed by atoms with Crippen LogP contribution in [0.3, 0.4) is 0 Å². The quantitative estimate of drug-likeness (QED) is 0.635. The van der Waals surface area contributed by atoms with Crippen molar-refractivity contribution in [2.75, 3.05) is 0 Å². The summed E-state index contributed by atoms with van der Waals surface area (Å²) in [5, 5.41) is 0. The molecule has 1 aliphatic rings. The van der Waals surface area contributed by atoms with E-state index in [2.05, 4.69) is 0 Å². The average molecular weight is 227 g/mol. The molecule has 0 saturated heterocycles. The van der Waals surface area contributed by atoms with Gasteiger partial charge in [0.05, 0.1) is 0 Å². The summed E-state index contributed by atoms with van der Waals surface area (Å²) in [5.41, 5.74) is -1.01. The van der Waals surface area contributed by atoms with Crippen LogP contribution in [-0.4, -0.2) is 11.1 Å². The molecule has 11 heavy (non-hydrogen) atoms. The molecule has 1 rings (SSSR count). The van der Waals surface area contributed by atoms with E-state index in [-0.39, 0.29) is 0 Å². The summed E-state index contributed by atoms with van der Waals surface area (Å²) in [7, 11) is 0. The smallest absolute Gasteiger partial charge is 0.171 e.